The van der Waals surface area contributed by atoms with Crippen molar-refractivity contribution in [1.29, 1.82) is 0 Å². The van der Waals surface area contributed by atoms with Crippen molar-refractivity contribution in [2.45, 2.75) is 6.29 Å². The average molecular weight is 117 g/mol. The van der Waals surface area contributed by atoms with Gasteiger partial charge in [0.15, 0.2) is 6.29 Å². The second kappa shape index (κ2) is 3.02. The third-order valence-electron chi connectivity index (χ3n) is 1.16. The number of morpholine rings is 1. The first kappa shape index (κ1) is 6.01. The summed E-state index contributed by atoms with van der Waals surface area (Å²) in [6.07, 6.45) is -0.0243. The van der Waals surface area contributed by atoms with Gasteiger partial charge < -0.3 is 14.8 Å². The first-order valence-corrected chi connectivity index (χ1v) is 2.78. The Bertz CT molecular complexity index is 61.4. The molecular weight excluding hydrogens is 106 g/mol. The largest absolute Gasteiger partial charge is 0.355 e. The Morgan fingerprint density at radius 3 is 3.00 bits per heavy atom. The fourth-order valence-corrected chi connectivity index (χ4v) is 0.693. The van der Waals surface area contributed by atoms with E-state index in [4.69, 9.17) is 9.47 Å². The Labute approximate surface area is 49.0 Å². The smallest absolute Gasteiger partial charge is 0.169 e. The molecule has 1 rings (SSSR count). The van der Waals surface area contributed by atoms with E-state index in [1.54, 1.807) is 7.11 Å². The molecular formula is C5H11NO2. The molecule has 48 valence electrons. The Morgan fingerprint density at radius 1 is 1.75 bits per heavy atom. The summed E-state index contributed by atoms with van der Waals surface area (Å²) in [5, 5.41) is 3.14. The van der Waals surface area contributed by atoms with Crippen LogP contribution in [0.5, 0.6) is 0 Å². The molecule has 1 saturated heterocycles. The van der Waals surface area contributed by atoms with E-state index < -0.39 is 0 Å². The molecule has 0 bridgehead atoms. The van der Waals surface area contributed by atoms with Crippen molar-refractivity contribution >= 4 is 0 Å². The highest BCUT2D eigenvalue weighted by Gasteiger charge is 2.09. The number of hydrogen-bond acceptors (Lipinski definition) is 3. The second-order valence-electron chi connectivity index (χ2n) is 1.74. The van der Waals surface area contributed by atoms with Gasteiger partial charge in [-0.05, 0) is 0 Å². The van der Waals surface area contributed by atoms with E-state index in [9.17, 15) is 0 Å². The molecule has 3 heteroatoms. The predicted octanol–water partition coefficient (Wildman–Crippen LogP) is -0.421. The van der Waals surface area contributed by atoms with E-state index in [1.807, 2.05) is 0 Å². The molecule has 0 aromatic carbocycles. The number of nitrogens with one attached hydrogen (secondary N) is 1. The van der Waals surface area contributed by atoms with Gasteiger partial charge in [-0.1, -0.05) is 0 Å². The van der Waals surface area contributed by atoms with E-state index in [2.05, 4.69) is 5.32 Å². The molecule has 1 aliphatic heterocycles. The van der Waals surface area contributed by atoms with E-state index in [0.717, 1.165) is 19.7 Å². The highest BCUT2D eigenvalue weighted by Crippen LogP contribution is 1.93. The zero-order chi connectivity index (χ0) is 5.82. The van der Waals surface area contributed by atoms with Crippen LogP contribution in [0.4, 0.5) is 0 Å². The molecule has 0 aromatic heterocycles. The molecule has 1 N–H and O–H groups in total. The van der Waals surface area contributed by atoms with Crippen LogP contribution in [-0.4, -0.2) is 33.1 Å². The maximum Gasteiger partial charge on any atom is 0.169 e. The molecule has 1 aliphatic rings. The molecule has 0 aliphatic carbocycles. The Hall–Kier alpha value is -0.120. The molecule has 0 saturated carbocycles. The van der Waals surface area contributed by atoms with Gasteiger partial charge in [-0.25, -0.2) is 0 Å². The van der Waals surface area contributed by atoms with Crippen LogP contribution in [-0.2, 0) is 9.47 Å². The molecule has 3 nitrogen and oxygen atoms in total. The zero-order valence-electron chi connectivity index (χ0n) is 5.02. The average Bonchev–Trinajstić information content (AvgIpc) is 1.90. The molecule has 0 aromatic rings. The Kier molecular flexibility index (Phi) is 2.27. The minimum atomic E-state index is -0.0243. The minimum absolute atomic E-state index is 0.0243. The Morgan fingerprint density at radius 2 is 2.62 bits per heavy atom. The first-order chi connectivity index (χ1) is 3.93. The third-order valence-corrected chi connectivity index (χ3v) is 1.16. The fourth-order valence-electron chi connectivity index (χ4n) is 0.693. The summed E-state index contributed by atoms with van der Waals surface area (Å²) in [7, 11) is 1.65. The van der Waals surface area contributed by atoms with Gasteiger partial charge in [-0.15, -0.1) is 0 Å². The molecule has 0 unspecified atom stereocenters. The minimum Gasteiger partial charge on any atom is -0.355 e. The van der Waals surface area contributed by atoms with Gasteiger partial charge in [0.25, 0.3) is 0 Å². The van der Waals surface area contributed by atoms with Gasteiger partial charge in [0, 0.05) is 20.2 Å². The fraction of sp³-hybridized carbons (Fsp3) is 1.00. The third kappa shape index (κ3) is 1.43. The van der Waals surface area contributed by atoms with Crippen molar-refractivity contribution in [2.75, 3.05) is 26.8 Å². The van der Waals surface area contributed by atoms with E-state index in [1.165, 1.54) is 0 Å². The van der Waals surface area contributed by atoms with Crippen LogP contribution in [0.3, 0.4) is 0 Å². The van der Waals surface area contributed by atoms with E-state index in [-0.39, 0.29) is 6.29 Å². The summed E-state index contributed by atoms with van der Waals surface area (Å²) < 4.78 is 10.0. The van der Waals surface area contributed by atoms with Gasteiger partial charge in [0.05, 0.1) is 6.61 Å². The van der Waals surface area contributed by atoms with Gasteiger partial charge in [0.2, 0.25) is 0 Å². The van der Waals surface area contributed by atoms with Crippen LogP contribution in [0.1, 0.15) is 0 Å². The topological polar surface area (TPSA) is 30.5 Å². The molecule has 0 radical (unpaired) electrons. The summed E-state index contributed by atoms with van der Waals surface area (Å²) in [4.78, 5) is 0. The van der Waals surface area contributed by atoms with Crippen LogP contribution in [0.2, 0.25) is 0 Å². The zero-order valence-corrected chi connectivity index (χ0v) is 5.02. The van der Waals surface area contributed by atoms with Crippen molar-refractivity contribution in [1.82, 2.24) is 5.32 Å². The quantitative estimate of drug-likeness (QED) is 0.506. The monoisotopic (exact) mass is 117 g/mol. The van der Waals surface area contributed by atoms with Crippen molar-refractivity contribution in [2.24, 2.45) is 0 Å². The lowest BCUT2D eigenvalue weighted by Gasteiger charge is -2.21. The van der Waals surface area contributed by atoms with Gasteiger partial charge in [-0.2, -0.15) is 0 Å². The summed E-state index contributed by atoms with van der Waals surface area (Å²) >= 11 is 0. The number of methoxy groups -OCH3 is 1. The van der Waals surface area contributed by atoms with Gasteiger partial charge in [0.1, 0.15) is 0 Å². The lowest BCUT2D eigenvalue weighted by molar-refractivity contribution is -0.135. The lowest BCUT2D eigenvalue weighted by atomic mass is 10.5. The second-order valence-corrected chi connectivity index (χ2v) is 1.74. The number of hydrogen-bond donors (Lipinski definition) is 1. The number of rotatable bonds is 1. The standard InChI is InChI=1S/C5H11NO2/c1-7-5-4-6-2-3-8-5/h5-6H,2-4H2,1H3/t5-/m1/s1. The highest BCUT2D eigenvalue weighted by atomic mass is 16.7. The Balaban J connectivity index is 2.13. The van der Waals surface area contributed by atoms with Crippen LogP contribution >= 0.6 is 0 Å². The van der Waals surface area contributed by atoms with E-state index >= 15 is 0 Å². The molecule has 1 heterocycles. The molecule has 0 amide bonds. The maximum absolute atomic E-state index is 5.14. The van der Waals surface area contributed by atoms with Gasteiger partial charge in [-0.3, -0.25) is 0 Å². The number of ether oxygens (including phenoxy) is 2. The molecule has 8 heavy (non-hydrogen) atoms. The maximum atomic E-state index is 5.14. The summed E-state index contributed by atoms with van der Waals surface area (Å²) in [6.45, 7) is 2.52. The molecule has 0 spiro atoms. The van der Waals surface area contributed by atoms with Crippen LogP contribution in [0.25, 0.3) is 0 Å². The summed E-state index contributed by atoms with van der Waals surface area (Å²) in [5.74, 6) is 0. The van der Waals surface area contributed by atoms with Crippen molar-refractivity contribution < 1.29 is 9.47 Å². The van der Waals surface area contributed by atoms with Crippen molar-refractivity contribution in [3.63, 3.8) is 0 Å². The van der Waals surface area contributed by atoms with Crippen LogP contribution < -0.4 is 5.32 Å². The SMILES string of the molecule is CO[C@H]1CNCCO1. The predicted molar refractivity (Wildman–Crippen MR) is 29.6 cm³/mol. The van der Waals surface area contributed by atoms with E-state index in [0.29, 0.717) is 0 Å². The summed E-state index contributed by atoms with van der Waals surface area (Å²) in [5.41, 5.74) is 0. The first-order valence-electron chi connectivity index (χ1n) is 2.78. The molecule has 1 fully saturated rings. The normalized spacial score (nSPS) is 30.4. The van der Waals surface area contributed by atoms with Gasteiger partial charge >= 0.3 is 0 Å². The van der Waals surface area contributed by atoms with Crippen LogP contribution in [0.15, 0.2) is 0 Å². The van der Waals surface area contributed by atoms with Crippen molar-refractivity contribution in [3.05, 3.63) is 0 Å². The highest BCUT2D eigenvalue weighted by molar-refractivity contribution is 4.56. The lowest BCUT2D eigenvalue weighted by Crippen LogP contribution is -2.39. The van der Waals surface area contributed by atoms with Crippen molar-refractivity contribution in [3.8, 4) is 0 Å². The molecule has 1 atom stereocenters. The van der Waals surface area contributed by atoms with Crippen LogP contribution in [0, 0.1) is 0 Å². The summed E-state index contributed by atoms with van der Waals surface area (Å²) in [6, 6.07) is 0.